The molecule has 0 unspecified atom stereocenters. The smallest absolute Gasteiger partial charge is 0.413 e. The molecule has 0 saturated heterocycles. The van der Waals surface area contributed by atoms with E-state index < -0.39 is 23.1 Å². The molecule has 2 aromatic heterocycles. The third kappa shape index (κ3) is 4.11. The molecule has 8 nitrogen and oxygen atoms in total. The molecule has 0 aliphatic heterocycles. The maximum Gasteiger partial charge on any atom is 0.413 e. The molecule has 150 valence electrons. The number of pyridine rings is 1. The average molecular weight is 396 g/mol. The van der Waals surface area contributed by atoms with E-state index in [1.807, 2.05) is 6.92 Å². The summed E-state index contributed by atoms with van der Waals surface area (Å²) in [5.41, 5.74) is 0.155. The van der Waals surface area contributed by atoms with Gasteiger partial charge in [0.15, 0.2) is 5.82 Å². The quantitative estimate of drug-likeness (QED) is 0.629. The predicted octanol–water partition coefficient (Wildman–Crippen LogP) is 4.42. The monoisotopic (exact) mass is 396 g/mol. The van der Waals surface area contributed by atoms with Crippen LogP contribution in [0, 0.1) is 0 Å². The summed E-state index contributed by atoms with van der Waals surface area (Å²) in [4.78, 5) is 40.7. The zero-order valence-electron chi connectivity index (χ0n) is 16.5. The van der Waals surface area contributed by atoms with Crippen molar-refractivity contribution in [3.05, 3.63) is 52.2 Å². The van der Waals surface area contributed by atoms with Gasteiger partial charge in [-0.25, -0.2) is 9.59 Å². The lowest BCUT2D eigenvalue weighted by atomic mass is 10.1. The highest BCUT2D eigenvalue weighted by Gasteiger charge is 2.22. The molecule has 0 bridgehead atoms. The van der Waals surface area contributed by atoms with E-state index in [0.717, 1.165) is 17.2 Å². The Kier molecular flexibility index (Phi) is 4.88. The van der Waals surface area contributed by atoms with Crippen molar-refractivity contribution in [3.63, 3.8) is 0 Å². The standard InChI is InChI=1S/C21H20N2O6/c1-10(2)11-6-7-15-12(8-11)16(24)13-9-14(19(25)26)17(22-18(13)28-15)23-20(27)29-21(3,4)5/h6-9H,1H2,2-5H3,(H,25,26)(H,22,23,27). The van der Waals surface area contributed by atoms with Gasteiger partial charge in [-0.2, -0.15) is 4.98 Å². The molecule has 2 heterocycles. The number of aromatic nitrogens is 1. The van der Waals surface area contributed by atoms with E-state index in [4.69, 9.17) is 9.15 Å². The SMILES string of the molecule is C=C(C)c1ccc2oc3nc(NC(=O)OC(C)(C)C)c(C(=O)O)cc3c(=O)c2c1. The maximum atomic E-state index is 12.9. The molecule has 0 spiro atoms. The first-order valence-corrected chi connectivity index (χ1v) is 8.77. The molecule has 0 radical (unpaired) electrons. The Balaban J connectivity index is 2.20. The first-order valence-electron chi connectivity index (χ1n) is 8.77. The topological polar surface area (TPSA) is 119 Å². The second kappa shape index (κ2) is 7.05. The van der Waals surface area contributed by atoms with Crippen LogP contribution >= 0.6 is 0 Å². The first-order chi connectivity index (χ1) is 13.5. The van der Waals surface area contributed by atoms with Crippen LogP contribution in [0.15, 0.2) is 40.1 Å². The van der Waals surface area contributed by atoms with Gasteiger partial charge in [0.2, 0.25) is 11.1 Å². The van der Waals surface area contributed by atoms with Crippen molar-refractivity contribution >= 4 is 45.5 Å². The van der Waals surface area contributed by atoms with Gasteiger partial charge >= 0.3 is 12.1 Å². The second-order valence-corrected chi connectivity index (χ2v) is 7.59. The summed E-state index contributed by atoms with van der Waals surface area (Å²) < 4.78 is 10.8. The van der Waals surface area contributed by atoms with E-state index in [-0.39, 0.29) is 33.5 Å². The number of nitrogens with one attached hydrogen (secondary N) is 1. The summed E-state index contributed by atoms with van der Waals surface area (Å²) >= 11 is 0. The first kappa shape index (κ1) is 20.1. The number of carboxylic acids is 1. The Morgan fingerprint density at radius 3 is 2.48 bits per heavy atom. The van der Waals surface area contributed by atoms with Crippen LogP contribution in [0.2, 0.25) is 0 Å². The Labute approximate surface area is 165 Å². The Hall–Kier alpha value is -3.68. The van der Waals surface area contributed by atoms with Gasteiger partial charge in [-0.3, -0.25) is 10.1 Å². The van der Waals surface area contributed by atoms with Gasteiger partial charge in [-0.1, -0.05) is 18.2 Å². The minimum Gasteiger partial charge on any atom is -0.478 e. The van der Waals surface area contributed by atoms with Crippen molar-refractivity contribution in [1.82, 2.24) is 4.98 Å². The number of ether oxygens (including phenoxy) is 1. The molecule has 29 heavy (non-hydrogen) atoms. The number of nitrogens with zero attached hydrogens (tertiary/aromatic N) is 1. The summed E-state index contributed by atoms with van der Waals surface area (Å²) in [6.07, 6.45) is -0.874. The summed E-state index contributed by atoms with van der Waals surface area (Å²) in [6, 6.07) is 6.14. The number of anilines is 1. The van der Waals surface area contributed by atoms with Crippen molar-refractivity contribution in [2.24, 2.45) is 0 Å². The number of carboxylic acid groups (broad SMARTS) is 1. The Morgan fingerprint density at radius 1 is 1.21 bits per heavy atom. The molecular formula is C21H20N2O6. The number of allylic oxidation sites excluding steroid dienone is 1. The fourth-order valence-electron chi connectivity index (χ4n) is 2.71. The lowest BCUT2D eigenvalue weighted by Gasteiger charge is -2.19. The van der Waals surface area contributed by atoms with Crippen molar-refractivity contribution in [3.8, 4) is 0 Å². The van der Waals surface area contributed by atoms with Crippen molar-refractivity contribution in [2.75, 3.05) is 5.32 Å². The fraction of sp³-hybridized carbons (Fsp3) is 0.238. The van der Waals surface area contributed by atoms with Crippen LogP contribution in [0.3, 0.4) is 0 Å². The molecule has 0 saturated carbocycles. The second-order valence-electron chi connectivity index (χ2n) is 7.59. The molecule has 0 fully saturated rings. The highest BCUT2D eigenvalue weighted by molar-refractivity contribution is 6.02. The van der Waals surface area contributed by atoms with Gasteiger partial charge in [0.05, 0.1) is 10.8 Å². The molecule has 0 aliphatic rings. The number of fused-ring (bicyclic) bond motifs is 2. The van der Waals surface area contributed by atoms with Crippen molar-refractivity contribution in [1.29, 1.82) is 0 Å². The zero-order chi connectivity index (χ0) is 21.5. The van der Waals surface area contributed by atoms with E-state index in [2.05, 4.69) is 16.9 Å². The van der Waals surface area contributed by atoms with E-state index in [0.29, 0.717) is 0 Å². The number of hydrogen-bond donors (Lipinski definition) is 2. The van der Waals surface area contributed by atoms with Crippen LogP contribution in [0.1, 0.15) is 43.6 Å². The maximum absolute atomic E-state index is 12.9. The Morgan fingerprint density at radius 2 is 1.90 bits per heavy atom. The Bertz CT molecular complexity index is 1230. The van der Waals surface area contributed by atoms with Crippen molar-refractivity contribution < 1.29 is 23.8 Å². The summed E-state index contributed by atoms with van der Waals surface area (Å²) in [7, 11) is 0. The van der Waals surface area contributed by atoms with Gasteiger partial charge in [-0.05, 0) is 51.5 Å². The van der Waals surface area contributed by atoms with Crippen LogP contribution in [0.25, 0.3) is 27.6 Å². The van der Waals surface area contributed by atoms with Crippen molar-refractivity contribution in [2.45, 2.75) is 33.3 Å². The molecule has 2 N–H and O–H groups in total. The van der Waals surface area contributed by atoms with Gasteiger partial charge in [-0.15, -0.1) is 0 Å². The van der Waals surface area contributed by atoms with Gasteiger partial charge in [0, 0.05) is 0 Å². The molecule has 8 heteroatoms. The van der Waals surface area contributed by atoms with Gasteiger partial charge in [0.1, 0.15) is 16.7 Å². The van der Waals surface area contributed by atoms with Crippen LogP contribution in [-0.2, 0) is 4.74 Å². The summed E-state index contributed by atoms with van der Waals surface area (Å²) in [5, 5.41) is 12.1. The van der Waals surface area contributed by atoms with E-state index >= 15 is 0 Å². The third-order valence-corrected chi connectivity index (χ3v) is 4.01. The molecule has 0 atom stereocenters. The number of amides is 1. The number of rotatable bonds is 3. The lowest BCUT2D eigenvalue weighted by molar-refractivity contribution is 0.0635. The van der Waals surface area contributed by atoms with Crippen LogP contribution in [0.5, 0.6) is 0 Å². The minimum absolute atomic E-state index is 0.0106. The largest absolute Gasteiger partial charge is 0.478 e. The fourth-order valence-corrected chi connectivity index (χ4v) is 2.71. The average Bonchev–Trinajstić information content (AvgIpc) is 2.59. The molecule has 1 aromatic carbocycles. The van der Waals surface area contributed by atoms with E-state index in [1.165, 1.54) is 0 Å². The lowest BCUT2D eigenvalue weighted by Crippen LogP contribution is -2.28. The predicted molar refractivity (Wildman–Crippen MR) is 109 cm³/mol. The number of benzene rings is 1. The van der Waals surface area contributed by atoms with Crippen LogP contribution < -0.4 is 10.7 Å². The highest BCUT2D eigenvalue weighted by Crippen LogP contribution is 2.25. The highest BCUT2D eigenvalue weighted by atomic mass is 16.6. The van der Waals surface area contributed by atoms with Crippen LogP contribution in [-0.4, -0.2) is 27.8 Å². The number of carbonyl (C=O) groups is 2. The van der Waals surface area contributed by atoms with Crippen LogP contribution in [0.4, 0.5) is 10.6 Å². The molecule has 3 rings (SSSR count). The zero-order valence-corrected chi connectivity index (χ0v) is 16.5. The normalized spacial score (nSPS) is 11.4. The third-order valence-electron chi connectivity index (χ3n) is 4.01. The molecule has 3 aromatic rings. The van der Waals surface area contributed by atoms with Gasteiger partial charge in [0.25, 0.3) is 0 Å². The van der Waals surface area contributed by atoms with E-state index in [1.54, 1.807) is 39.0 Å². The van der Waals surface area contributed by atoms with E-state index in [9.17, 15) is 19.5 Å². The molecule has 1 amide bonds. The molecule has 0 aliphatic carbocycles. The summed E-state index contributed by atoms with van der Waals surface area (Å²) in [5.74, 6) is -1.64. The molecular weight excluding hydrogens is 376 g/mol. The van der Waals surface area contributed by atoms with Gasteiger partial charge < -0.3 is 14.3 Å². The number of aromatic carboxylic acids is 1. The number of hydrogen-bond acceptors (Lipinski definition) is 6. The number of carbonyl (C=O) groups excluding carboxylic acids is 1. The minimum atomic E-state index is -1.36. The summed E-state index contributed by atoms with van der Waals surface area (Å²) in [6.45, 7) is 10.7.